The minimum absolute atomic E-state index is 0.0240. The summed E-state index contributed by atoms with van der Waals surface area (Å²) in [7, 11) is 0. The minimum atomic E-state index is -0.481. The number of nitro groups is 1. The fourth-order valence-corrected chi connectivity index (χ4v) is 2.27. The first-order chi connectivity index (χ1) is 12.1. The number of benzene rings is 2. The Bertz CT molecular complexity index is 978. The van der Waals surface area contributed by atoms with Crippen molar-refractivity contribution in [3.8, 4) is 17.5 Å². The molecule has 0 fully saturated rings. The van der Waals surface area contributed by atoms with Gasteiger partial charge in [-0.2, -0.15) is 5.26 Å². The van der Waals surface area contributed by atoms with Crippen LogP contribution in [0.5, 0.6) is 0 Å². The van der Waals surface area contributed by atoms with Crippen molar-refractivity contribution in [2.45, 2.75) is 6.92 Å². The van der Waals surface area contributed by atoms with E-state index in [2.05, 4.69) is 11.1 Å². The van der Waals surface area contributed by atoms with Crippen LogP contribution in [0.3, 0.4) is 0 Å². The highest BCUT2D eigenvalue weighted by Crippen LogP contribution is 2.23. The van der Waals surface area contributed by atoms with Gasteiger partial charge in [-0.15, -0.1) is 0 Å². The Morgan fingerprint density at radius 1 is 1.20 bits per heavy atom. The van der Waals surface area contributed by atoms with Crippen LogP contribution in [0.15, 0.2) is 59.2 Å². The average Bonchev–Trinajstić information content (AvgIpc) is 3.09. The first kappa shape index (κ1) is 16.1. The van der Waals surface area contributed by atoms with Crippen molar-refractivity contribution in [3.63, 3.8) is 0 Å². The molecular weight excluding hydrogens is 318 g/mol. The first-order valence-electron chi connectivity index (χ1n) is 7.46. The van der Waals surface area contributed by atoms with E-state index in [1.165, 1.54) is 30.5 Å². The lowest BCUT2D eigenvalue weighted by Crippen LogP contribution is -1.88. The number of nitriles is 1. The summed E-state index contributed by atoms with van der Waals surface area (Å²) in [5.74, 6) is 0.465. The van der Waals surface area contributed by atoms with Crippen LogP contribution in [-0.4, -0.2) is 9.91 Å². The molecule has 6 nitrogen and oxygen atoms in total. The van der Waals surface area contributed by atoms with Gasteiger partial charge in [0.2, 0.25) is 5.89 Å². The van der Waals surface area contributed by atoms with Crippen molar-refractivity contribution in [1.29, 1.82) is 5.26 Å². The van der Waals surface area contributed by atoms with Crippen LogP contribution >= 0.6 is 0 Å². The van der Waals surface area contributed by atoms with Crippen molar-refractivity contribution in [3.05, 3.63) is 81.7 Å². The normalized spacial score (nSPS) is 11.1. The molecule has 0 N–H and O–H groups in total. The van der Waals surface area contributed by atoms with Gasteiger partial charge in [-0.3, -0.25) is 10.1 Å². The lowest BCUT2D eigenvalue weighted by molar-refractivity contribution is -0.384. The van der Waals surface area contributed by atoms with Crippen LogP contribution in [0.1, 0.15) is 16.8 Å². The maximum atomic E-state index is 10.7. The van der Waals surface area contributed by atoms with E-state index in [4.69, 9.17) is 4.42 Å². The standard InChI is InChI=1S/C19H13N3O3/c1-13-2-4-15(5-3-13)19-21-17(12-25-19)10-16(11-20)14-6-8-18(9-7-14)22(23)24/h2-10,12H,1H3. The summed E-state index contributed by atoms with van der Waals surface area (Å²) in [6, 6.07) is 15.6. The number of oxazole rings is 1. The predicted molar refractivity (Wildman–Crippen MR) is 93.3 cm³/mol. The van der Waals surface area contributed by atoms with E-state index in [0.29, 0.717) is 22.7 Å². The number of nitrogens with zero attached hydrogens (tertiary/aromatic N) is 3. The van der Waals surface area contributed by atoms with Crippen LogP contribution < -0.4 is 0 Å². The summed E-state index contributed by atoms with van der Waals surface area (Å²) in [5, 5.41) is 20.1. The maximum Gasteiger partial charge on any atom is 0.269 e. The molecule has 0 atom stereocenters. The summed E-state index contributed by atoms with van der Waals surface area (Å²) >= 11 is 0. The first-order valence-corrected chi connectivity index (χ1v) is 7.46. The lowest BCUT2D eigenvalue weighted by Gasteiger charge is -1.98. The molecule has 2 aromatic carbocycles. The van der Waals surface area contributed by atoms with E-state index in [-0.39, 0.29) is 5.69 Å². The zero-order valence-corrected chi connectivity index (χ0v) is 13.3. The molecule has 0 amide bonds. The number of allylic oxidation sites excluding steroid dienone is 1. The summed E-state index contributed by atoms with van der Waals surface area (Å²) in [6.07, 6.45) is 3.06. The molecule has 1 aromatic heterocycles. The van der Waals surface area contributed by atoms with Gasteiger partial charge < -0.3 is 4.42 Å². The fraction of sp³-hybridized carbons (Fsp3) is 0.0526. The van der Waals surface area contributed by atoms with Gasteiger partial charge in [-0.1, -0.05) is 17.7 Å². The largest absolute Gasteiger partial charge is 0.444 e. The van der Waals surface area contributed by atoms with Gasteiger partial charge in [0.15, 0.2) is 0 Å². The number of aromatic nitrogens is 1. The minimum Gasteiger partial charge on any atom is -0.444 e. The third kappa shape index (κ3) is 3.62. The highest BCUT2D eigenvalue weighted by molar-refractivity contribution is 5.89. The average molecular weight is 331 g/mol. The van der Waals surface area contributed by atoms with Crippen molar-refractivity contribution in [2.24, 2.45) is 0 Å². The predicted octanol–water partition coefficient (Wildman–Crippen LogP) is 4.62. The molecule has 0 bridgehead atoms. The van der Waals surface area contributed by atoms with Gasteiger partial charge in [0.1, 0.15) is 12.0 Å². The Hall–Kier alpha value is -3.72. The van der Waals surface area contributed by atoms with Gasteiger partial charge in [-0.05, 0) is 42.8 Å². The zero-order chi connectivity index (χ0) is 17.8. The van der Waals surface area contributed by atoms with Crippen LogP contribution in [-0.2, 0) is 0 Å². The van der Waals surface area contributed by atoms with Gasteiger partial charge >= 0.3 is 0 Å². The van der Waals surface area contributed by atoms with E-state index in [1.54, 1.807) is 6.08 Å². The van der Waals surface area contributed by atoms with E-state index in [0.717, 1.165) is 11.1 Å². The third-order valence-corrected chi connectivity index (χ3v) is 3.62. The van der Waals surface area contributed by atoms with Crippen LogP contribution in [0, 0.1) is 28.4 Å². The van der Waals surface area contributed by atoms with Crippen molar-refractivity contribution in [2.75, 3.05) is 0 Å². The Balaban J connectivity index is 1.89. The molecule has 0 aliphatic rings. The molecule has 0 spiro atoms. The molecule has 0 unspecified atom stereocenters. The highest BCUT2D eigenvalue weighted by Gasteiger charge is 2.09. The molecule has 0 aliphatic heterocycles. The van der Waals surface area contributed by atoms with E-state index < -0.39 is 4.92 Å². The number of hydrogen-bond donors (Lipinski definition) is 0. The molecule has 3 aromatic rings. The zero-order valence-electron chi connectivity index (χ0n) is 13.3. The molecule has 6 heteroatoms. The maximum absolute atomic E-state index is 10.7. The van der Waals surface area contributed by atoms with E-state index in [9.17, 15) is 15.4 Å². The van der Waals surface area contributed by atoms with Gasteiger partial charge in [0.05, 0.1) is 16.6 Å². The number of hydrogen-bond acceptors (Lipinski definition) is 5. The molecule has 0 radical (unpaired) electrons. The fourth-order valence-electron chi connectivity index (χ4n) is 2.27. The molecule has 0 aliphatic carbocycles. The van der Waals surface area contributed by atoms with Crippen molar-refractivity contribution >= 4 is 17.3 Å². The number of aryl methyl sites for hydroxylation is 1. The summed E-state index contributed by atoms with van der Waals surface area (Å²) in [6.45, 7) is 2.00. The lowest BCUT2D eigenvalue weighted by atomic mass is 10.1. The van der Waals surface area contributed by atoms with Crippen molar-refractivity contribution in [1.82, 2.24) is 4.98 Å². The Morgan fingerprint density at radius 2 is 1.88 bits per heavy atom. The van der Waals surface area contributed by atoms with E-state index >= 15 is 0 Å². The van der Waals surface area contributed by atoms with Crippen LogP contribution in [0.4, 0.5) is 5.69 Å². The second-order valence-electron chi connectivity index (χ2n) is 5.42. The molecule has 0 saturated heterocycles. The quantitative estimate of drug-likeness (QED) is 0.395. The Labute approximate surface area is 143 Å². The monoisotopic (exact) mass is 331 g/mol. The Morgan fingerprint density at radius 3 is 2.48 bits per heavy atom. The molecule has 122 valence electrons. The second kappa shape index (κ2) is 6.81. The van der Waals surface area contributed by atoms with Gasteiger partial charge in [-0.25, -0.2) is 4.98 Å². The molecule has 1 heterocycles. The summed E-state index contributed by atoms with van der Waals surface area (Å²) < 4.78 is 5.47. The number of rotatable bonds is 4. The van der Waals surface area contributed by atoms with Crippen LogP contribution in [0.2, 0.25) is 0 Å². The molecule has 3 rings (SSSR count). The molecule has 0 saturated carbocycles. The summed E-state index contributed by atoms with van der Waals surface area (Å²) in [4.78, 5) is 14.6. The van der Waals surface area contributed by atoms with Crippen LogP contribution in [0.25, 0.3) is 23.1 Å². The SMILES string of the molecule is Cc1ccc(-c2nc(C=C(C#N)c3ccc([N+](=O)[O-])cc3)co2)cc1. The number of non-ortho nitro benzene ring substituents is 1. The topological polar surface area (TPSA) is 93.0 Å². The summed E-state index contributed by atoms with van der Waals surface area (Å²) in [5.41, 5.74) is 3.39. The molecular formula is C19H13N3O3. The third-order valence-electron chi connectivity index (χ3n) is 3.62. The molecule has 25 heavy (non-hydrogen) atoms. The highest BCUT2D eigenvalue weighted by atomic mass is 16.6. The van der Waals surface area contributed by atoms with Gasteiger partial charge in [0.25, 0.3) is 5.69 Å². The number of nitro benzene ring substituents is 1. The van der Waals surface area contributed by atoms with Crippen molar-refractivity contribution < 1.29 is 9.34 Å². The smallest absolute Gasteiger partial charge is 0.269 e. The van der Waals surface area contributed by atoms with Gasteiger partial charge in [0, 0.05) is 17.7 Å². The Kier molecular flexibility index (Phi) is 4.40. The second-order valence-corrected chi connectivity index (χ2v) is 5.42. The van der Waals surface area contributed by atoms with E-state index in [1.807, 2.05) is 31.2 Å².